The highest BCUT2D eigenvalue weighted by molar-refractivity contribution is 8.76. The van der Waals surface area contributed by atoms with Gasteiger partial charge >= 0.3 is 0 Å². The van der Waals surface area contributed by atoms with E-state index in [4.69, 9.17) is 0 Å². The molecule has 2 amide bonds. The third-order valence-electron chi connectivity index (χ3n) is 7.78. The van der Waals surface area contributed by atoms with Crippen LogP contribution in [0.5, 0.6) is 0 Å². The summed E-state index contributed by atoms with van der Waals surface area (Å²) in [5.74, 6) is -0.870. The molecular weight excluding hydrogens is 617 g/mol. The molecular formula is C36H34N4O4S2. The van der Waals surface area contributed by atoms with Crippen molar-refractivity contribution in [2.75, 3.05) is 0 Å². The number of nitrogens with one attached hydrogen (secondary N) is 4. The molecule has 2 aromatic heterocycles. The normalized spacial score (nSPS) is 12.7. The summed E-state index contributed by atoms with van der Waals surface area (Å²) in [7, 11) is 2.93. The molecule has 6 N–H and O–H groups in total. The predicted octanol–water partition coefficient (Wildman–Crippen LogP) is 5.89. The van der Waals surface area contributed by atoms with Gasteiger partial charge in [-0.25, -0.2) is 0 Å². The van der Waals surface area contributed by atoms with Crippen molar-refractivity contribution in [3.05, 3.63) is 131 Å². The average Bonchev–Trinajstić information content (AvgIpc) is 3.63. The van der Waals surface area contributed by atoms with E-state index in [0.717, 1.165) is 54.1 Å². The van der Waals surface area contributed by atoms with Gasteiger partial charge in [0.1, 0.15) is 12.2 Å². The van der Waals surface area contributed by atoms with Crippen molar-refractivity contribution in [3.8, 4) is 0 Å². The summed E-state index contributed by atoms with van der Waals surface area (Å²) >= 11 is 0. The Kier molecular flexibility index (Phi) is 10.1. The van der Waals surface area contributed by atoms with Gasteiger partial charge in [-0.15, -0.1) is 0 Å². The lowest BCUT2D eigenvalue weighted by Crippen LogP contribution is -2.35. The number of benzene rings is 4. The number of carbonyl (C=O) groups is 2. The van der Waals surface area contributed by atoms with Gasteiger partial charge in [0.25, 0.3) is 0 Å². The summed E-state index contributed by atoms with van der Waals surface area (Å²) in [6.07, 6.45) is -2.21. The first-order valence-corrected chi connectivity index (χ1v) is 17.1. The standard InChI is InChI=1S/C36H34N4O4S2/c41-31(33(43)37-21-23-11-3-1-4-12-23)19-27-25-15-7-9-17-29(25)39-35(27)45-46-36-28(26-16-8-10-18-30(26)40-36)20-32(42)34(44)38-22-24-13-5-2-6-14-24/h1-18,31-32,39-42H,19-22H2,(H,37,43)(H,38,44). The number of amides is 2. The Morgan fingerprint density at radius 2 is 0.935 bits per heavy atom. The molecule has 2 atom stereocenters. The van der Waals surface area contributed by atoms with Crippen molar-refractivity contribution in [2.45, 2.75) is 48.2 Å². The van der Waals surface area contributed by atoms with Gasteiger partial charge in [-0.1, -0.05) is 97.1 Å². The van der Waals surface area contributed by atoms with Gasteiger partial charge in [0, 0.05) is 47.7 Å². The van der Waals surface area contributed by atoms with E-state index < -0.39 is 24.0 Å². The SMILES string of the molecule is O=C(NCc1ccccc1)C(O)Cc1c(SSc2[nH]c3ccccc3c2CC(O)C(=O)NCc2ccccc2)[nH]c2ccccc12. The quantitative estimate of drug-likeness (QED) is 0.0866. The van der Waals surface area contributed by atoms with Gasteiger partial charge in [-0.3, -0.25) is 9.59 Å². The molecule has 8 nitrogen and oxygen atoms in total. The summed E-state index contributed by atoms with van der Waals surface area (Å²) in [5, 5.41) is 31.0. The van der Waals surface area contributed by atoms with Crippen molar-refractivity contribution in [3.63, 3.8) is 0 Å². The van der Waals surface area contributed by atoms with Crippen LogP contribution >= 0.6 is 21.6 Å². The van der Waals surface area contributed by atoms with Gasteiger partial charge in [0.05, 0.1) is 10.1 Å². The van der Waals surface area contributed by atoms with Gasteiger partial charge in [0.15, 0.2) is 0 Å². The zero-order valence-electron chi connectivity index (χ0n) is 24.9. The summed E-state index contributed by atoms with van der Waals surface area (Å²) in [6, 6.07) is 34.8. The summed E-state index contributed by atoms with van der Waals surface area (Å²) < 4.78 is 0. The molecule has 2 heterocycles. The van der Waals surface area contributed by atoms with Crippen molar-refractivity contribution in [2.24, 2.45) is 0 Å². The second-order valence-electron chi connectivity index (χ2n) is 11.0. The van der Waals surface area contributed by atoms with E-state index in [0.29, 0.717) is 13.1 Å². The Morgan fingerprint density at radius 1 is 0.565 bits per heavy atom. The number of carbonyl (C=O) groups excluding carboxylic acids is 2. The fourth-order valence-electron chi connectivity index (χ4n) is 5.36. The van der Waals surface area contributed by atoms with E-state index in [1.165, 1.54) is 21.6 Å². The molecule has 0 aliphatic heterocycles. The van der Waals surface area contributed by atoms with Crippen LogP contribution in [-0.2, 0) is 35.5 Å². The van der Waals surface area contributed by atoms with Crippen LogP contribution in [0.3, 0.4) is 0 Å². The van der Waals surface area contributed by atoms with E-state index >= 15 is 0 Å². The number of aliphatic hydroxyl groups excluding tert-OH is 2. The second-order valence-corrected chi connectivity index (χ2v) is 13.1. The number of aromatic nitrogens is 2. The molecule has 6 rings (SSSR count). The van der Waals surface area contributed by atoms with Crippen molar-refractivity contribution in [1.82, 2.24) is 20.6 Å². The van der Waals surface area contributed by atoms with E-state index in [1.807, 2.05) is 109 Å². The molecule has 0 radical (unpaired) electrons. The number of rotatable bonds is 13. The Morgan fingerprint density at radius 3 is 1.35 bits per heavy atom. The number of hydrogen-bond acceptors (Lipinski definition) is 6. The number of aliphatic hydroxyl groups is 2. The zero-order chi connectivity index (χ0) is 31.9. The summed E-state index contributed by atoms with van der Waals surface area (Å²) in [5.41, 5.74) is 5.40. The van der Waals surface area contributed by atoms with Gasteiger partial charge in [0.2, 0.25) is 11.8 Å². The molecule has 0 saturated carbocycles. The minimum absolute atomic E-state index is 0.132. The van der Waals surface area contributed by atoms with Crippen LogP contribution in [0.1, 0.15) is 22.3 Å². The van der Waals surface area contributed by atoms with Crippen molar-refractivity contribution in [1.29, 1.82) is 0 Å². The Bertz CT molecular complexity index is 1800. The van der Waals surface area contributed by atoms with Crippen LogP contribution in [0.25, 0.3) is 21.8 Å². The Hall–Kier alpha value is -4.48. The van der Waals surface area contributed by atoms with Gasteiger partial charge in [-0.2, -0.15) is 0 Å². The molecule has 2 unspecified atom stereocenters. The number of fused-ring (bicyclic) bond motifs is 2. The van der Waals surface area contributed by atoms with E-state index in [9.17, 15) is 19.8 Å². The molecule has 10 heteroatoms. The Labute approximate surface area is 274 Å². The molecule has 0 spiro atoms. The highest BCUT2D eigenvalue weighted by atomic mass is 33.1. The third kappa shape index (κ3) is 7.48. The summed E-state index contributed by atoms with van der Waals surface area (Å²) in [4.78, 5) is 32.6. The maximum Gasteiger partial charge on any atom is 0.249 e. The molecule has 6 aromatic rings. The maximum atomic E-state index is 12.9. The number of aromatic amines is 2. The average molecular weight is 651 g/mol. The minimum Gasteiger partial charge on any atom is -0.383 e. The molecule has 4 aromatic carbocycles. The lowest BCUT2D eigenvalue weighted by molar-refractivity contribution is -0.130. The van der Waals surface area contributed by atoms with E-state index in [2.05, 4.69) is 20.6 Å². The smallest absolute Gasteiger partial charge is 0.249 e. The monoisotopic (exact) mass is 650 g/mol. The minimum atomic E-state index is -1.24. The highest BCUT2D eigenvalue weighted by Crippen LogP contribution is 2.44. The third-order valence-corrected chi connectivity index (χ3v) is 10.1. The maximum absolute atomic E-state index is 12.9. The van der Waals surface area contributed by atoms with E-state index in [1.54, 1.807) is 0 Å². The molecule has 46 heavy (non-hydrogen) atoms. The van der Waals surface area contributed by atoms with Crippen LogP contribution in [-0.4, -0.2) is 44.2 Å². The topological polar surface area (TPSA) is 130 Å². The van der Waals surface area contributed by atoms with Crippen LogP contribution in [0, 0.1) is 0 Å². The van der Waals surface area contributed by atoms with Gasteiger partial charge in [-0.05, 0) is 56.0 Å². The predicted molar refractivity (Wildman–Crippen MR) is 184 cm³/mol. The largest absolute Gasteiger partial charge is 0.383 e. The lowest BCUT2D eigenvalue weighted by atomic mass is 10.1. The van der Waals surface area contributed by atoms with Crippen LogP contribution in [0.15, 0.2) is 119 Å². The van der Waals surface area contributed by atoms with Gasteiger partial charge < -0.3 is 30.8 Å². The highest BCUT2D eigenvalue weighted by Gasteiger charge is 2.24. The van der Waals surface area contributed by atoms with Crippen molar-refractivity contribution >= 4 is 55.2 Å². The van der Waals surface area contributed by atoms with Crippen LogP contribution in [0.2, 0.25) is 0 Å². The molecule has 0 bridgehead atoms. The molecule has 0 aliphatic rings. The van der Waals surface area contributed by atoms with Crippen LogP contribution < -0.4 is 10.6 Å². The Balaban J connectivity index is 1.18. The number of H-pyrrole nitrogens is 2. The molecule has 0 saturated heterocycles. The molecule has 0 aliphatic carbocycles. The fourth-order valence-corrected chi connectivity index (χ4v) is 7.77. The zero-order valence-corrected chi connectivity index (χ0v) is 26.5. The fraction of sp³-hybridized carbons (Fsp3) is 0.167. The molecule has 234 valence electrons. The number of hydrogen-bond donors (Lipinski definition) is 6. The first-order chi connectivity index (χ1) is 22.5. The first kappa shape index (κ1) is 31.5. The molecule has 0 fully saturated rings. The van der Waals surface area contributed by atoms with E-state index in [-0.39, 0.29) is 12.8 Å². The number of para-hydroxylation sites is 2. The van der Waals surface area contributed by atoms with Crippen molar-refractivity contribution < 1.29 is 19.8 Å². The first-order valence-electron chi connectivity index (χ1n) is 15.0. The summed E-state index contributed by atoms with van der Waals surface area (Å²) in [6.45, 7) is 0.669. The van der Waals surface area contributed by atoms with Crippen LogP contribution in [0.4, 0.5) is 0 Å². The second kappa shape index (κ2) is 14.7. The lowest BCUT2D eigenvalue weighted by Gasteiger charge is -2.13.